The molecular formula is C23H30N4O4S. The van der Waals surface area contributed by atoms with Crippen molar-refractivity contribution in [3.05, 3.63) is 48.0 Å². The topological polar surface area (TPSA) is 91.0 Å². The lowest BCUT2D eigenvalue weighted by Gasteiger charge is -2.36. The van der Waals surface area contributed by atoms with Crippen molar-refractivity contribution in [2.45, 2.75) is 24.7 Å². The number of carbonyl (C=O) groups excluding carboxylic acids is 1. The van der Waals surface area contributed by atoms with E-state index >= 15 is 0 Å². The second-order valence-corrected chi connectivity index (χ2v) is 10.0. The predicted octanol–water partition coefficient (Wildman–Crippen LogP) is 2.21. The van der Waals surface area contributed by atoms with Gasteiger partial charge in [0.05, 0.1) is 10.6 Å². The lowest BCUT2D eigenvalue weighted by molar-refractivity contribution is -0.118. The number of nitrogens with one attached hydrogen (secondary N) is 2. The zero-order valence-corrected chi connectivity index (χ0v) is 19.2. The normalized spacial score (nSPS) is 16.9. The molecule has 0 atom stereocenters. The third-order valence-electron chi connectivity index (χ3n) is 5.83. The Balaban J connectivity index is 1.18. The molecule has 2 aromatic carbocycles. The Bertz CT molecular complexity index is 1070. The highest BCUT2D eigenvalue weighted by Crippen LogP contribution is 2.30. The third kappa shape index (κ3) is 5.59. The van der Waals surface area contributed by atoms with Gasteiger partial charge >= 0.3 is 0 Å². The SMILES string of the molecule is Cc1cccc(N2CCN(CCCCNS(=O)(=O)c3ccc4c(c3)NC(=O)CO4)CC2)c1. The number of hydrogen-bond acceptors (Lipinski definition) is 6. The van der Waals surface area contributed by atoms with E-state index < -0.39 is 10.0 Å². The Morgan fingerprint density at radius 1 is 1.06 bits per heavy atom. The molecule has 0 bridgehead atoms. The van der Waals surface area contributed by atoms with Crippen molar-refractivity contribution in [3.8, 4) is 5.75 Å². The van der Waals surface area contributed by atoms with Crippen LogP contribution in [0.15, 0.2) is 47.4 Å². The first-order chi connectivity index (χ1) is 15.4. The molecule has 2 N–H and O–H groups in total. The number of fused-ring (bicyclic) bond motifs is 1. The maximum absolute atomic E-state index is 12.6. The van der Waals surface area contributed by atoms with E-state index in [4.69, 9.17) is 4.74 Å². The molecule has 32 heavy (non-hydrogen) atoms. The first-order valence-electron chi connectivity index (χ1n) is 11.0. The molecule has 9 heteroatoms. The molecule has 2 heterocycles. The molecule has 0 aliphatic carbocycles. The van der Waals surface area contributed by atoms with Crippen LogP contribution < -0.4 is 19.7 Å². The van der Waals surface area contributed by atoms with E-state index in [1.807, 2.05) is 0 Å². The van der Waals surface area contributed by atoms with E-state index in [9.17, 15) is 13.2 Å². The monoisotopic (exact) mass is 458 g/mol. The highest BCUT2D eigenvalue weighted by Gasteiger charge is 2.21. The van der Waals surface area contributed by atoms with Crippen molar-refractivity contribution in [2.24, 2.45) is 0 Å². The summed E-state index contributed by atoms with van der Waals surface area (Å²) in [6, 6.07) is 13.1. The van der Waals surface area contributed by atoms with Gasteiger partial charge in [0.15, 0.2) is 6.61 Å². The van der Waals surface area contributed by atoms with Crippen LogP contribution in [0.3, 0.4) is 0 Å². The molecule has 2 aliphatic heterocycles. The number of piperazine rings is 1. The van der Waals surface area contributed by atoms with Gasteiger partial charge in [-0.2, -0.15) is 0 Å². The number of unbranched alkanes of at least 4 members (excludes halogenated alkanes) is 1. The average Bonchev–Trinajstić information content (AvgIpc) is 2.78. The van der Waals surface area contributed by atoms with E-state index in [-0.39, 0.29) is 17.4 Å². The zero-order valence-electron chi connectivity index (χ0n) is 18.3. The van der Waals surface area contributed by atoms with Crippen molar-refractivity contribution >= 4 is 27.3 Å². The Morgan fingerprint density at radius 3 is 2.66 bits per heavy atom. The number of anilines is 2. The van der Waals surface area contributed by atoms with E-state index in [1.54, 1.807) is 6.07 Å². The van der Waals surface area contributed by atoms with Crippen molar-refractivity contribution < 1.29 is 17.9 Å². The summed E-state index contributed by atoms with van der Waals surface area (Å²) < 4.78 is 33.1. The van der Waals surface area contributed by atoms with Gasteiger partial charge in [-0.15, -0.1) is 0 Å². The van der Waals surface area contributed by atoms with Crippen molar-refractivity contribution in [2.75, 3.05) is 56.1 Å². The Morgan fingerprint density at radius 2 is 1.88 bits per heavy atom. The summed E-state index contributed by atoms with van der Waals surface area (Å²) in [7, 11) is -3.64. The number of nitrogens with zero attached hydrogens (tertiary/aromatic N) is 2. The number of ether oxygens (including phenoxy) is 1. The molecule has 1 fully saturated rings. The van der Waals surface area contributed by atoms with E-state index in [2.05, 4.69) is 51.0 Å². The van der Waals surface area contributed by atoms with Crippen LogP contribution in [0.5, 0.6) is 5.75 Å². The first-order valence-corrected chi connectivity index (χ1v) is 12.5. The van der Waals surface area contributed by atoms with Gasteiger partial charge < -0.3 is 15.0 Å². The van der Waals surface area contributed by atoms with Gasteiger partial charge in [0.25, 0.3) is 5.91 Å². The quantitative estimate of drug-likeness (QED) is 0.590. The number of carbonyl (C=O) groups is 1. The van der Waals surface area contributed by atoms with Gasteiger partial charge in [-0.25, -0.2) is 13.1 Å². The summed E-state index contributed by atoms with van der Waals surface area (Å²) in [6.07, 6.45) is 1.70. The number of benzene rings is 2. The number of sulfonamides is 1. The lowest BCUT2D eigenvalue weighted by atomic mass is 10.2. The number of amides is 1. The number of hydrogen-bond donors (Lipinski definition) is 2. The van der Waals surface area contributed by atoms with Crippen LogP contribution in [0.1, 0.15) is 18.4 Å². The van der Waals surface area contributed by atoms with Crippen LogP contribution in [-0.4, -0.2) is 65.1 Å². The maximum atomic E-state index is 12.6. The van der Waals surface area contributed by atoms with Gasteiger partial charge in [0.1, 0.15) is 5.75 Å². The molecule has 0 spiro atoms. The smallest absolute Gasteiger partial charge is 0.262 e. The fraction of sp³-hybridized carbons (Fsp3) is 0.435. The van der Waals surface area contributed by atoms with E-state index in [0.717, 1.165) is 45.6 Å². The molecular weight excluding hydrogens is 428 g/mol. The molecule has 2 aromatic rings. The van der Waals surface area contributed by atoms with Gasteiger partial charge in [-0.05, 0) is 62.2 Å². The molecule has 8 nitrogen and oxygen atoms in total. The molecule has 4 rings (SSSR count). The minimum Gasteiger partial charge on any atom is -0.482 e. The fourth-order valence-electron chi connectivity index (χ4n) is 4.03. The first kappa shape index (κ1) is 22.6. The molecule has 0 aromatic heterocycles. The number of aryl methyl sites for hydroxylation is 1. The average molecular weight is 459 g/mol. The lowest BCUT2D eigenvalue weighted by Crippen LogP contribution is -2.46. The predicted molar refractivity (Wildman–Crippen MR) is 125 cm³/mol. The second-order valence-electron chi connectivity index (χ2n) is 8.27. The summed E-state index contributed by atoms with van der Waals surface area (Å²) in [4.78, 5) is 16.4. The summed E-state index contributed by atoms with van der Waals surface area (Å²) in [5, 5.41) is 2.64. The molecule has 0 radical (unpaired) electrons. The molecule has 1 saturated heterocycles. The van der Waals surface area contributed by atoms with Crippen LogP contribution in [0.2, 0.25) is 0 Å². The van der Waals surface area contributed by atoms with Crippen LogP contribution in [0.4, 0.5) is 11.4 Å². The highest BCUT2D eigenvalue weighted by molar-refractivity contribution is 7.89. The van der Waals surface area contributed by atoms with Crippen LogP contribution >= 0.6 is 0 Å². The molecule has 0 saturated carbocycles. The summed E-state index contributed by atoms with van der Waals surface area (Å²) in [5.74, 6) is 0.186. The Kier molecular flexibility index (Phi) is 6.98. The number of rotatable bonds is 8. The molecule has 0 unspecified atom stereocenters. The van der Waals surface area contributed by atoms with Gasteiger partial charge in [-0.1, -0.05) is 12.1 Å². The van der Waals surface area contributed by atoms with Crippen molar-refractivity contribution in [1.82, 2.24) is 9.62 Å². The van der Waals surface area contributed by atoms with E-state index in [0.29, 0.717) is 18.0 Å². The van der Waals surface area contributed by atoms with Gasteiger partial charge in [-0.3, -0.25) is 9.69 Å². The maximum Gasteiger partial charge on any atom is 0.262 e. The molecule has 1 amide bonds. The van der Waals surface area contributed by atoms with Crippen LogP contribution in [0, 0.1) is 6.92 Å². The minimum absolute atomic E-state index is 0.0572. The largest absolute Gasteiger partial charge is 0.482 e. The van der Waals surface area contributed by atoms with E-state index in [1.165, 1.54) is 23.4 Å². The Hall–Kier alpha value is -2.62. The third-order valence-corrected chi connectivity index (χ3v) is 7.29. The van der Waals surface area contributed by atoms with Gasteiger partial charge in [0.2, 0.25) is 10.0 Å². The Labute approximate surface area is 189 Å². The summed E-state index contributed by atoms with van der Waals surface area (Å²) in [5.41, 5.74) is 2.95. The fourth-order valence-corrected chi connectivity index (χ4v) is 5.13. The molecule has 2 aliphatic rings. The standard InChI is InChI=1S/C23H30N4O4S/c1-18-5-4-6-19(15-18)27-13-11-26(12-14-27)10-3-2-9-24-32(29,30)20-7-8-22-21(16-20)25-23(28)17-31-22/h4-8,15-16,24H,2-3,9-14,17H2,1H3,(H,25,28). The summed E-state index contributed by atoms with van der Waals surface area (Å²) >= 11 is 0. The molecule has 172 valence electrons. The second kappa shape index (κ2) is 9.89. The van der Waals surface area contributed by atoms with Crippen LogP contribution in [-0.2, 0) is 14.8 Å². The van der Waals surface area contributed by atoms with Crippen LogP contribution in [0.25, 0.3) is 0 Å². The summed E-state index contributed by atoms with van der Waals surface area (Å²) in [6.45, 7) is 7.45. The van der Waals surface area contributed by atoms with Crippen molar-refractivity contribution in [3.63, 3.8) is 0 Å². The minimum atomic E-state index is -3.64. The highest BCUT2D eigenvalue weighted by atomic mass is 32.2. The van der Waals surface area contributed by atoms with Crippen molar-refractivity contribution in [1.29, 1.82) is 0 Å². The van der Waals surface area contributed by atoms with Gasteiger partial charge in [0, 0.05) is 38.4 Å². The zero-order chi connectivity index (χ0) is 22.6.